The molecule has 0 aliphatic rings. The van der Waals surface area contributed by atoms with Gasteiger partial charge in [-0.05, 0) is 13.0 Å². The summed E-state index contributed by atoms with van der Waals surface area (Å²) in [4.78, 5) is 12.3. The van der Waals surface area contributed by atoms with Crippen LogP contribution in [0.4, 0.5) is 5.69 Å². The number of ether oxygens (including phenoxy) is 1. The number of hydrogen-bond donors (Lipinski definition) is 1. The van der Waals surface area contributed by atoms with Crippen molar-refractivity contribution in [3.63, 3.8) is 0 Å². The highest BCUT2D eigenvalue weighted by atomic mass is 32.1. The number of carbonyl (C=O) groups is 1. The lowest BCUT2D eigenvalue weighted by atomic mass is 10.2. The molecule has 0 saturated carbocycles. The summed E-state index contributed by atoms with van der Waals surface area (Å²) < 4.78 is 5.88. The van der Waals surface area contributed by atoms with Gasteiger partial charge in [-0.25, -0.2) is 4.79 Å². The summed E-state index contributed by atoms with van der Waals surface area (Å²) in [5.41, 5.74) is 0.884. The van der Waals surface area contributed by atoms with Gasteiger partial charge in [-0.3, -0.25) is 0 Å². The van der Waals surface area contributed by atoms with Crippen LogP contribution in [0.5, 0.6) is 0 Å². The minimum absolute atomic E-state index is 0.280. The lowest BCUT2D eigenvalue weighted by Crippen LogP contribution is -2.04. The van der Waals surface area contributed by atoms with Crippen molar-refractivity contribution in [3.05, 3.63) is 29.1 Å². The fraction of sp³-hybridized carbons (Fsp3) is 0.250. The maximum Gasteiger partial charge on any atom is 0.350 e. The molecule has 0 spiro atoms. The predicted octanol–water partition coefficient (Wildman–Crippen LogP) is 3.12. The molecule has 0 aliphatic carbocycles. The number of esters is 1. The van der Waals surface area contributed by atoms with E-state index in [0.29, 0.717) is 4.88 Å². The van der Waals surface area contributed by atoms with Crippen molar-refractivity contribution in [2.24, 2.45) is 0 Å². The lowest BCUT2D eigenvalue weighted by molar-refractivity contribution is 0.0607. The summed E-state index contributed by atoms with van der Waals surface area (Å²) >= 11 is 1.46. The number of hydrogen-bond acceptors (Lipinski definition) is 4. The average molecular weight is 235 g/mol. The van der Waals surface area contributed by atoms with Crippen LogP contribution < -0.4 is 5.32 Å². The molecule has 2 aromatic rings. The number of rotatable bonds is 3. The van der Waals surface area contributed by atoms with Crippen LogP contribution in [-0.4, -0.2) is 19.6 Å². The maximum absolute atomic E-state index is 11.6. The molecule has 0 unspecified atom stereocenters. The van der Waals surface area contributed by atoms with Crippen LogP contribution >= 0.6 is 11.3 Å². The Hall–Kier alpha value is -1.55. The fourth-order valence-corrected chi connectivity index (χ4v) is 2.73. The van der Waals surface area contributed by atoms with Crippen molar-refractivity contribution in [2.45, 2.75) is 6.92 Å². The molecule has 1 aromatic carbocycles. The zero-order valence-electron chi connectivity index (χ0n) is 9.24. The van der Waals surface area contributed by atoms with Crippen LogP contribution in [0.2, 0.25) is 0 Å². The van der Waals surface area contributed by atoms with Crippen molar-refractivity contribution in [1.82, 2.24) is 0 Å². The molecule has 0 atom stereocenters. The van der Waals surface area contributed by atoms with E-state index in [-0.39, 0.29) is 5.97 Å². The van der Waals surface area contributed by atoms with Crippen molar-refractivity contribution in [1.29, 1.82) is 0 Å². The van der Waals surface area contributed by atoms with Crippen molar-refractivity contribution >= 4 is 33.1 Å². The largest absolute Gasteiger partial charge is 0.465 e. The molecule has 16 heavy (non-hydrogen) atoms. The molecule has 1 aromatic heterocycles. The second-order valence-corrected chi connectivity index (χ2v) is 4.38. The van der Waals surface area contributed by atoms with E-state index in [0.717, 1.165) is 22.3 Å². The summed E-state index contributed by atoms with van der Waals surface area (Å²) in [6.45, 7) is 2.79. The van der Waals surface area contributed by atoms with Crippen LogP contribution in [0.15, 0.2) is 24.3 Å². The molecule has 4 heteroatoms. The Kier molecular flexibility index (Phi) is 3.10. The summed E-state index contributed by atoms with van der Waals surface area (Å²) in [6, 6.07) is 7.95. The van der Waals surface area contributed by atoms with Crippen molar-refractivity contribution in [3.8, 4) is 0 Å². The van der Waals surface area contributed by atoms with Crippen LogP contribution in [0.25, 0.3) is 10.1 Å². The van der Waals surface area contributed by atoms with Crippen LogP contribution in [0.3, 0.4) is 0 Å². The molecule has 0 fully saturated rings. The van der Waals surface area contributed by atoms with Crippen molar-refractivity contribution in [2.75, 3.05) is 19.0 Å². The molecule has 1 heterocycles. The Morgan fingerprint density at radius 2 is 2.19 bits per heavy atom. The normalized spacial score (nSPS) is 10.4. The second kappa shape index (κ2) is 4.53. The number of nitrogens with one attached hydrogen (secondary N) is 1. The third kappa shape index (κ3) is 1.76. The van der Waals surface area contributed by atoms with E-state index < -0.39 is 0 Å². The topological polar surface area (TPSA) is 38.3 Å². The minimum Gasteiger partial charge on any atom is -0.465 e. The first kappa shape index (κ1) is 11.0. The molecule has 2 rings (SSSR count). The number of thiophene rings is 1. The Bertz CT molecular complexity index is 519. The van der Waals surface area contributed by atoms with E-state index in [1.54, 1.807) is 0 Å². The van der Waals surface area contributed by atoms with Gasteiger partial charge in [0.2, 0.25) is 0 Å². The smallest absolute Gasteiger partial charge is 0.350 e. The summed E-state index contributed by atoms with van der Waals surface area (Å²) in [6.07, 6.45) is 0. The monoisotopic (exact) mass is 235 g/mol. The zero-order chi connectivity index (χ0) is 11.5. The van der Waals surface area contributed by atoms with Crippen molar-refractivity contribution < 1.29 is 9.53 Å². The Labute approximate surface area is 98.0 Å². The van der Waals surface area contributed by atoms with Gasteiger partial charge in [0, 0.05) is 16.6 Å². The third-order valence-corrected chi connectivity index (χ3v) is 3.47. The van der Waals surface area contributed by atoms with Gasteiger partial charge < -0.3 is 10.1 Å². The average Bonchev–Trinajstić information content (AvgIpc) is 2.68. The Balaban J connectivity index is 2.62. The number of fused-ring (bicyclic) bond motifs is 1. The van der Waals surface area contributed by atoms with E-state index in [4.69, 9.17) is 4.74 Å². The highest BCUT2D eigenvalue weighted by Gasteiger charge is 2.17. The molecule has 84 valence electrons. The van der Waals surface area contributed by atoms with Crippen LogP contribution in [-0.2, 0) is 4.74 Å². The molecule has 0 saturated heterocycles. The highest BCUT2D eigenvalue weighted by molar-refractivity contribution is 7.21. The standard InChI is InChI=1S/C12H13NO2S/c1-3-13-10-8-6-4-5-7-9(8)16-11(10)12(14)15-2/h4-7,13H,3H2,1-2H3. The first-order valence-corrected chi connectivity index (χ1v) is 5.93. The summed E-state index contributed by atoms with van der Waals surface area (Å²) in [5.74, 6) is -0.280. The molecule has 0 amide bonds. The van der Waals surface area contributed by atoms with Gasteiger partial charge in [-0.1, -0.05) is 18.2 Å². The number of benzene rings is 1. The van der Waals surface area contributed by atoms with Gasteiger partial charge in [0.1, 0.15) is 4.88 Å². The van der Waals surface area contributed by atoms with Gasteiger partial charge in [0.25, 0.3) is 0 Å². The molecule has 0 bridgehead atoms. The minimum atomic E-state index is -0.280. The Morgan fingerprint density at radius 3 is 2.88 bits per heavy atom. The molecule has 3 nitrogen and oxygen atoms in total. The first-order valence-electron chi connectivity index (χ1n) is 5.11. The predicted molar refractivity (Wildman–Crippen MR) is 67.3 cm³/mol. The second-order valence-electron chi connectivity index (χ2n) is 3.32. The Morgan fingerprint density at radius 1 is 1.44 bits per heavy atom. The number of methoxy groups -OCH3 is 1. The molecule has 1 N–H and O–H groups in total. The maximum atomic E-state index is 11.6. The van der Waals surface area contributed by atoms with Gasteiger partial charge in [-0.2, -0.15) is 0 Å². The van der Waals surface area contributed by atoms with E-state index in [1.165, 1.54) is 18.4 Å². The molecule has 0 radical (unpaired) electrons. The molecular weight excluding hydrogens is 222 g/mol. The van der Waals surface area contributed by atoms with E-state index in [1.807, 2.05) is 31.2 Å². The fourth-order valence-electron chi connectivity index (χ4n) is 1.63. The van der Waals surface area contributed by atoms with Gasteiger partial charge in [0.05, 0.1) is 12.8 Å². The number of carbonyl (C=O) groups excluding carboxylic acids is 1. The van der Waals surface area contributed by atoms with E-state index in [2.05, 4.69) is 5.32 Å². The van der Waals surface area contributed by atoms with E-state index in [9.17, 15) is 4.79 Å². The van der Waals surface area contributed by atoms with Gasteiger partial charge >= 0.3 is 5.97 Å². The molecular formula is C12H13NO2S. The zero-order valence-corrected chi connectivity index (χ0v) is 10.1. The van der Waals surface area contributed by atoms with Gasteiger partial charge in [0.15, 0.2) is 0 Å². The first-order chi connectivity index (χ1) is 7.77. The van der Waals surface area contributed by atoms with E-state index >= 15 is 0 Å². The van der Waals surface area contributed by atoms with Gasteiger partial charge in [-0.15, -0.1) is 11.3 Å². The summed E-state index contributed by atoms with van der Waals surface area (Å²) in [7, 11) is 1.41. The number of anilines is 1. The third-order valence-electron chi connectivity index (χ3n) is 2.32. The highest BCUT2D eigenvalue weighted by Crippen LogP contribution is 2.35. The summed E-state index contributed by atoms with van der Waals surface area (Å²) in [5, 5.41) is 4.30. The SMILES string of the molecule is CCNc1c(C(=O)OC)sc2ccccc12. The van der Waals surface area contributed by atoms with Crippen LogP contribution in [0.1, 0.15) is 16.6 Å². The quantitative estimate of drug-likeness (QED) is 0.831. The molecule has 0 aliphatic heterocycles. The van der Waals surface area contributed by atoms with Crippen LogP contribution in [0, 0.1) is 0 Å². The lowest BCUT2D eigenvalue weighted by Gasteiger charge is -2.04.